The lowest BCUT2D eigenvalue weighted by Gasteiger charge is -2.12. The van der Waals surface area contributed by atoms with Crippen molar-refractivity contribution in [3.63, 3.8) is 0 Å². The number of ether oxygens (including phenoxy) is 2. The van der Waals surface area contributed by atoms with Crippen LogP contribution in [-0.2, 0) is 14.3 Å². The molecule has 21 heavy (non-hydrogen) atoms. The average Bonchev–Trinajstić information content (AvgIpc) is 3.04. The van der Waals surface area contributed by atoms with Crippen molar-refractivity contribution < 1.29 is 19.1 Å². The van der Waals surface area contributed by atoms with Crippen LogP contribution in [0.1, 0.15) is 33.6 Å². The maximum atomic E-state index is 12.2. The van der Waals surface area contributed by atoms with Crippen molar-refractivity contribution in [2.45, 2.75) is 38.9 Å². The predicted octanol–water partition coefficient (Wildman–Crippen LogP) is 1.60. The molecule has 0 aromatic carbocycles. The number of nitrogens with one attached hydrogen (secondary N) is 1. The molecule has 0 bridgehead atoms. The lowest BCUT2D eigenvalue weighted by Crippen LogP contribution is -2.30. The number of carbonyl (C=O) groups is 2. The second-order valence-electron chi connectivity index (χ2n) is 5.03. The second-order valence-corrected chi connectivity index (χ2v) is 6.25. The zero-order valence-corrected chi connectivity index (χ0v) is 13.2. The Balaban J connectivity index is 2.14. The first kappa shape index (κ1) is 15.9. The maximum absolute atomic E-state index is 12.2. The number of nitrogens with two attached hydrogens (primary N) is 1. The quantitative estimate of drug-likeness (QED) is 0.824. The summed E-state index contributed by atoms with van der Waals surface area (Å²) in [6.45, 7) is 4.15. The van der Waals surface area contributed by atoms with Gasteiger partial charge < -0.3 is 20.5 Å². The minimum atomic E-state index is -0.508. The van der Waals surface area contributed by atoms with Crippen molar-refractivity contribution in [2.24, 2.45) is 5.73 Å². The fourth-order valence-corrected chi connectivity index (χ4v) is 3.38. The normalized spacial score (nSPS) is 21.3. The van der Waals surface area contributed by atoms with Gasteiger partial charge in [-0.2, -0.15) is 0 Å². The van der Waals surface area contributed by atoms with Gasteiger partial charge in [0.25, 0.3) is 5.91 Å². The molecule has 1 aliphatic rings. The van der Waals surface area contributed by atoms with E-state index in [0.29, 0.717) is 23.5 Å². The summed E-state index contributed by atoms with van der Waals surface area (Å²) in [5.41, 5.74) is 6.78. The predicted molar refractivity (Wildman–Crippen MR) is 80.7 cm³/mol. The van der Waals surface area contributed by atoms with Crippen LogP contribution in [0.15, 0.2) is 0 Å². The molecule has 2 heterocycles. The topological polar surface area (TPSA) is 90.7 Å². The fraction of sp³-hybridized carbons (Fsp3) is 0.571. The SMILES string of the molecule is COC(=O)c1c(NC(=O)C2CCC(CN)O2)sc(C)c1C. The van der Waals surface area contributed by atoms with Gasteiger partial charge >= 0.3 is 5.97 Å². The van der Waals surface area contributed by atoms with Crippen LogP contribution in [0, 0.1) is 13.8 Å². The number of methoxy groups -OCH3 is 1. The molecule has 2 unspecified atom stereocenters. The van der Waals surface area contributed by atoms with E-state index in [0.717, 1.165) is 16.9 Å². The van der Waals surface area contributed by atoms with Crippen LogP contribution >= 0.6 is 11.3 Å². The molecule has 116 valence electrons. The number of hydrogen-bond acceptors (Lipinski definition) is 6. The molecule has 2 atom stereocenters. The van der Waals surface area contributed by atoms with Gasteiger partial charge in [0.1, 0.15) is 11.1 Å². The number of hydrogen-bond donors (Lipinski definition) is 2. The summed E-state index contributed by atoms with van der Waals surface area (Å²) >= 11 is 1.37. The monoisotopic (exact) mass is 312 g/mol. The number of thiophene rings is 1. The first-order chi connectivity index (χ1) is 9.97. The third-order valence-corrected chi connectivity index (χ3v) is 4.80. The van der Waals surface area contributed by atoms with Crippen LogP contribution in [0.4, 0.5) is 5.00 Å². The van der Waals surface area contributed by atoms with Gasteiger partial charge in [-0.3, -0.25) is 4.79 Å². The van der Waals surface area contributed by atoms with Crippen LogP contribution in [0.2, 0.25) is 0 Å². The maximum Gasteiger partial charge on any atom is 0.341 e. The standard InChI is InChI=1S/C14H20N2O4S/c1-7-8(2)21-13(11(7)14(18)19-3)16-12(17)10-5-4-9(6-15)20-10/h9-10H,4-6,15H2,1-3H3,(H,16,17). The summed E-state index contributed by atoms with van der Waals surface area (Å²) in [5, 5.41) is 3.30. The van der Waals surface area contributed by atoms with Gasteiger partial charge in [0, 0.05) is 11.4 Å². The number of carbonyl (C=O) groups excluding carboxylic acids is 2. The summed E-state index contributed by atoms with van der Waals surface area (Å²) in [6.07, 6.45) is 0.852. The second kappa shape index (κ2) is 6.55. The molecule has 1 fully saturated rings. The van der Waals surface area contributed by atoms with E-state index >= 15 is 0 Å². The summed E-state index contributed by atoms with van der Waals surface area (Å²) in [7, 11) is 1.33. The van der Waals surface area contributed by atoms with Crippen molar-refractivity contribution in [3.8, 4) is 0 Å². The summed E-state index contributed by atoms with van der Waals surface area (Å²) in [6, 6.07) is 0. The van der Waals surface area contributed by atoms with Crippen molar-refractivity contribution in [3.05, 3.63) is 16.0 Å². The molecule has 6 nitrogen and oxygen atoms in total. The van der Waals surface area contributed by atoms with Gasteiger partial charge in [0.05, 0.1) is 18.8 Å². The Hall–Kier alpha value is -1.44. The molecular formula is C14H20N2O4S. The van der Waals surface area contributed by atoms with E-state index in [-0.39, 0.29) is 12.0 Å². The fourth-order valence-electron chi connectivity index (χ4n) is 2.33. The van der Waals surface area contributed by atoms with Crippen LogP contribution < -0.4 is 11.1 Å². The molecule has 1 amide bonds. The highest BCUT2D eigenvalue weighted by Gasteiger charge is 2.31. The van der Waals surface area contributed by atoms with Crippen molar-refractivity contribution >= 4 is 28.2 Å². The van der Waals surface area contributed by atoms with Crippen LogP contribution in [-0.4, -0.2) is 37.7 Å². The van der Waals surface area contributed by atoms with E-state index in [4.69, 9.17) is 15.2 Å². The number of esters is 1. The van der Waals surface area contributed by atoms with Gasteiger partial charge in [-0.05, 0) is 32.3 Å². The highest BCUT2D eigenvalue weighted by Crippen LogP contribution is 2.33. The van der Waals surface area contributed by atoms with Gasteiger partial charge in [0.15, 0.2) is 0 Å². The average molecular weight is 312 g/mol. The van der Waals surface area contributed by atoms with Crippen molar-refractivity contribution in [1.82, 2.24) is 0 Å². The largest absolute Gasteiger partial charge is 0.465 e. The smallest absolute Gasteiger partial charge is 0.341 e. The third-order valence-electron chi connectivity index (χ3n) is 3.67. The van der Waals surface area contributed by atoms with E-state index in [1.165, 1.54) is 18.4 Å². The Bertz CT molecular complexity index is 555. The number of anilines is 1. The minimum absolute atomic E-state index is 0.0624. The van der Waals surface area contributed by atoms with Gasteiger partial charge in [-0.1, -0.05) is 0 Å². The molecular weight excluding hydrogens is 292 g/mol. The first-order valence-electron chi connectivity index (χ1n) is 6.82. The number of amides is 1. The first-order valence-corrected chi connectivity index (χ1v) is 7.64. The Morgan fingerprint density at radius 3 is 2.71 bits per heavy atom. The molecule has 1 saturated heterocycles. The Morgan fingerprint density at radius 1 is 1.43 bits per heavy atom. The zero-order valence-electron chi connectivity index (χ0n) is 12.4. The van der Waals surface area contributed by atoms with Crippen molar-refractivity contribution in [1.29, 1.82) is 0 Å². The Kier molecular flexibility index (Phi) is 4.97. The molecule has 0 spiro atoms. The van der Waals surface area contributed by atoms with Gasteiger partial charge in [-0.15, -0.1) is 11.3 Å². The lowest BCUT2D eigenvalue weighted by molar-refractivity contribution is -0.126. The molecule has 0 radical (unpaired) electrons. The van der Waals surface area contributed by atoms with Crippen LogP contribution in [0.25, 0.3) is 0 Å². The molecule has 1 aromatic heterocycles. The van der Waals surface area contributed by atoms with Gasteiger partial charge in [0.2, 0.25) is 0 Å². The Morgan fingerprint density at radius 2 is 2.14 bits per heavy atom. The van der Waals surface area contributed by atoms with Gasteiger partial charge in [-0.25, -0.2) is 4.79 Å². The molecule has 1 aromatic rings. The summed E-state index contributed by atoms with van der Waals surface area (Å²) in [4.78, 5) is 25.1. The van der Waals surface area contributed by atoms with E-state index in [1.54, 1.807) is 0 Å². The van der Waals surface area contributed by atoms with E-state index in [9.17, 15) is 9.59 Å². The molecule has 0 saturated carbocycles. The van der Waals surface area contributed by atoms with E-state index < -0.39 is 12.1 Å². The van der Waals surface area contributed by atoms with Crippen LogP contribution in [0.3, 0.4) is 0 Å². The molecule has 0 aliphatic carbocycles. The molecule has 1 aliphatic heterocycles. The molecule has 3 N–H and O–H groups in total. The summed E-state index contributed by atoms with van der Waals surface area (Å²) < 4.78 is 10.3. The highest BCUT2D eigenvalue weighted by atomic mass is 32.1. The molecule has 2 rings (SSSR count). The molecule has 7 heteroatoms. The van der Waals surface area contributed by atoms with E-state index in [1.807, 2.05) is 13.8 Å². The lowest BCUT2D eigenvalue weighted by atomic mass is 10.1. The Labute approximate surface area is 127 Å². The highest BCUT2D eigenvalue weighted by molar-refractivity contribution is 7.16. The third kappa shape index (κ3) is 3.25. The van der Waals surface area contributed by atoms with Crippen molar-refractivity contribution in [2.75, 3.05) is 19.0 Å². The minimum Gasteiger partial charge on any atom is -0.465 e. The number of aryl methyl sites for hydroxylation is 1. The summed E-state index contributed by atoms with van der Waals surface area (Å²) in [5.74, 6) is -0.684. The van der Waals surface area contributed by atoms with Crippen LogP contribution in [0.5, 0.6) is 0 Å². The zero-order chi connectivity index (χ0) is 15.6. The van der Waals surface area contributed by atoms with E-state index in [2.05, 4.69) is 5.32 Å². The number of rotatable bonds is 4.